The summed E-state index contributed by atoms with van der Waals surface area (Å²) in [5.41, 5.74) is 1.87. The molecule has 1 aliphatic heterocycles. The number of benzene rings is 1. The van der Waals surface area contributed by atoms with Crippen LogP contribution in [-0.2, 0) is 11.0 Å². The number of hydrogen-bond acceptors (Lipinski definition) is 3. The Morgan fingerprint density at radius 1 is 1.13 bits per heavy atom. The summed E-state index contributed by atoms with van der Waals surface area (Å²) in [5.74, 6) is 0.477. The summed E-state index contributed by atoms with van der Waals surface area (Å²) < 4.78 is 42.6. The quantitative estimate of drug-likeness (QED) is 0.656. The van der Waals surface area contributed by atoms with Gasteiger partial charge in [-0.25, -0.2) is 4.98 Å². The van der Waals surface area contributed by atoms with E-state index in [0.29, 0.717) is 24.6 Å². The monoisotopic (exact) mass is 428 g/mol. The Hall–Kier alpha value is -3.03. The van der Waals surface area contributed by atoms with E-state index >= 15 is 0 Å². The Morgan fingerprint density at radius 2 is 1.84 bits per heavy atom. The highest BCUT2D eigenvalue weighted by Crippen LogP contribution is 2.43. The number of fused-ring (bicyclic) bond motifs is 1. The van der Waals surface area contributed by atoms with Crippen molar-refractivity contribution in [2.24, 2.45) is 0 Å². The molecule has 0 bridgehead atoms. The molecule has 1 N–H and O–H groups in total. The molecule has 0 radical (unpaired) electrons. The number of pyridine rings is 1. The van der Waals surface area contributed by atoms with Crippen molar-refractivity contribution < 1.29 is 18.0 Å². The Morgan fingerprint density at radius 3 is 2.48 bits per heavy atom. The lowest BCUT2D eigenvalue weighted by Gasteiger charge is -2.31. The van der Waals surface area contributed by atoms with Crippen LogP contribution in [0, 0.1) is 0 Å². The van der Waals surface area contributed by atoms with Gasteiger partial charge in [0.1, 0.15) is 11.2 Å². The number of alkyl halides is 3. The fourth-order valence-electron chi connectivity index (χ4n) is 4.67. The van der Waals surface area contributed by atoms with Crippen molar-refractivity contribution in [3.05, 3.63) is 65.6 Å². The van der Waals surface area contributed by atoms with E-state index in [2.05, 4.69) is 22.4 Å². The summed E-state index contributed by atoms with van der Waals surface area (Å²) in [5, 5.41) is 2.99. The van der Waals surface area contributed by atoms with Crippen LogP contribution in [0.25, 0.3) is 5.65 Å². The maximum atomic E-state index is 13.7. The Bertz CT molecular complexity index is 1120. The molecule has 0 unspecified atom stereocenters. The predicted molar refractivity (Wildman–Crippen MR) is 111 cm³/mol. The number of imidazole rings is 1. The van der Waals surface area contributed by atoms with E-state index in [-0.39, 0.29) is 23.6 Å². The zero-order valence-corrected chi connectivity index (χ0v) is 17.1. The van der Waals surface area contributed by atoms with Gasteiger partial charge in [0.2, 0.25) is 5.91 Å². The first kappa shape index (κ1) is 19.9. The SMILES string of the molecule is CC(=O)N[C@@H]1CCN(c2cc(C(F)(F)F)c3nccn3c2)[C@@H]1c1ccc(C2CC2)cc1. The van der Waals surface area contributed by atoms with Crippen LogP contribution >= 0.6 is 0 Å². The van der Waals surface area contributed by atoms with Crippen LogP contribution in [-0.4, -0.2) is 27.9 Å². The van der Waals surface area contributed by atoms with Crippen LogP contribution in [0.1, 0.15) is 54.8 Å². The standard InChI is InChI=1S/C23H23F3N4O/c1-14(31)28-20-8-10-30(21(20)17-6-4-16(5-7-17)15-2-3-15)18-12-19(23(24,25)26)22-27-9-11-29(22)13-18/h4-7,9,11-13,15,20-21H,2-3,8,10H2,1H3,(H,28,31)/t20-,21-/m1/s1. The highest BCUT2D eigenvalue weighted by molar-refractivity contribution is 5.73. The fourth-order valence-corrected chi connectivity index (χ4v) is 4.67. The number of carbonyl (C=O) groups excluding carboxylic acids is 1. The average molecular weight is 428 g/mol. The first-order valence-corrected chi connectivity index (χ1v) is 10.5. The normalized spacial score (nSPS) is 21.6. The molecule has 1 saturated carbocycles. The first-order valence-electron chi connectivity index (χ1n) is 10.5. The first-order chi connectivity index (χ1) is 14.8. The third kappa shape index (κ3) is 3.75. The van der Waals surface area contributed by atoms with Crippen molar-refractivity contribution in [1.82, 2.24) is 14.7 Å². The number of anilines is 1. The second-order valence-electron chi connectivity index (χ2n) is 8.44. The minimum atomic E-state index is -4.51. The molecule has 1 aromatic carbocycles. The zero-order valence-electron chi connectivity index (χ0n) is 17.1. The number of aromatic nitrogens is 2. The van der Waals surface area contributed by atoms with Crippen molar-refractivity contribution in [1.29, 1.82) is 0 Å². The highest BCUT2D eigenvalue weighted by atomic mass is 19.4. The Kier molecular flexibility index (Phi) is 4.68. The average Bonchev–Trinajstić information content (AvgIpc) is 3.32. The lowest BCUT2D eigenvalue weighted by molar-refractivity contribution is -0.136. The van der Waals surface area contributed by atoms with Gasteiger partial charge >= 0.3 is 6.18 Å². The molecule has 2 atom stereocenters. The Balaban J connectivity index is 1.57. The van der Waals surface area contributed by atoms with Gasteiger partial charge in [-0.2, -0.15) is 13.2 Å². The number of carbonyl (C=O) groups is 1. The molecular weight excluding hydrogens is 405 g/mol. The number of nitrogens with one attached hydrogen (secondary N) is 1. The molecule has 3 heterocycles. The lowest BCUT2D eigenvalue weighted by Crippen LogP contribution is -2.38. The largest absolute Gasteiger partial charge is 0.420 e. The van der Waals surface area contributed by atoms with E-state index in [1.807, 2.05) is 17.0 Å². The molecule has 5 nitrogen and oxygen atoms in total. The van der Waals surface area contributed by atoms with Gasteiger partial charge in [-0.05, 0) is 42.4 Å². The molecular formula is C23H23F3N4O. The zero-order chi connectivity index (χ0) is 21.8. The molecule has 2 fully saturated rings. The Labute approximate surface area is 177 Å². The predicted octanol–water partition coefficient (Wildman–Crippen LogP) is 4.69. The molecule has 5 rings (SSSR count). The lowest BCUT2D eigenvalue weighted by atomic mass is 9.97. The van der Waals surface area contributed by atoms with Gasteiger partial charge in [0.25, 0.3) is 0 Å². The van der Waals surface area contributed by atoms with Gasteiger partial charge in [-0.15, -0.1) is 0 Å². The molecule has 162 valence electrons. The summed E-state index contributed by atoms with van der Waals surface area (Å²) in [6, 6.07) is 9.04. The fraction of sp³-hybridized carbons (Fsp3) is 0.391. The number of nitrogens with zero attached hydrogens (tertiary/aromatic N) is 3. The number of halogens is 3. The van der Waals surface area contributed by atoms with Gasteiger partial charge in [-0.1, -0.05) is 24.3 Å². The molecule has 1 saturated heterocycles. The summed E-state index contributed by atoms with van der Waals surface area (Å²) in [4.78, 5) is 17.6. The summed E-state index contributed by atoms with van der Waals surface area (Å²) in [7, 11) is 0. The van der Waals surface area contributed by atoms with Gasteiger partial charge in [0, 0.05) is 32.1 Å². The highest BCUT2D eigenvalue weighted by Gasteiger charge is 2.39. The summed E-state index contributed by atoms with van der Waals surface area (Å²) in [6.45, 7) is 2.01. The third-order valence-corrected chi connectivity index (χ3v) is 6.22. The van der Waals surface area contributed by atoms with Crippen LogP contribution in [0.3, 0.4) is 0 Å². The van der Waals surface area contributed by atoms with Gasteiger partial charge in [0.05, 0.1) is 17.8 Å². The van der Waals surface area contributed by atoms with Crippen LogP contribution in [0.15, 0.2) is 48.9 Å². The van der Waals surface area contributed by atoms with Crippen molar-refractivity contribution in [2.75, 3.05) is 11.4 Å². The molecule has 2 aromatic heterocycles. The van der Waals surface area contributed by atoms with Crippen molar-refractivity contribution in [2.45, 2.75) is 50.4 Å². The van der Waals surface area contributed by atoms with Crippen molar-refractivity contribution in [3.63, 3.8) is 0 Å². The minimum Gasteiger partial charge on any atom is -0.361 e. The number of amides is 1. The van der Waals surface area contributed by atoms with E-state index in [9.17, 15) is 18.0 Å². The molecule has 1 amide bonds. The van der Waals surface area contributed by atoms with E-state index in [0.717, 1.165) is 5.56 Å². The van der Waals surface area contributed by atoms with E-state index < -0.39 is 11.7 Å². The number of rotatable bonds is 4. The van der Waals surface area contributed by atoms with Gasteiger partial charge in [0.15, 0.2) is 0 Å². The van der Waals surface area contributed by atoms with Crippen molar-refractivity contribution >= 4 is 17.2 Å². The molecule has 2 aliphatic rings. The van der Waals surface area contributed by atoms with Crippen LogP contribution < -0.4 is 10.2 Å². The van der Waals surface area contributed by atoms with Crippen LogP contribution in [0.2, 0.25) is 0 Å². The maximum Gasteiger partial charge on any atom is 0.420 e. The summed E-state index contributed by atoms with van der Waals surface area (Å²) >= 11 is 0. The van der Waals surface area contributed by atoms with E-state index in [1.165, 1.54) is 48.2 Å². The summed E-state index contributed by atoms with van der Waals surface area (Å²) in [6.07, 6.45) is 3.11. The second kappa shape index (κ2) is 7.28. The third-order valence-electron chi connectivity index (χ3n) is 6.22. The minimum absolute atomic E-state index is 0.112. The molecule has 1 aliphatic carbocycles. The molecule has 0 spiro atoms. The second-order valence-corrected chi connectivity index (χ2v) is 8.44. The maximum absolute atomic E-state index is 13.7. The van der Waals surface area contributed by atoms with Crippen molar-refractivity contribution in [3.8, 4) is 0 Å². The van der Waals surface area contributed by atoms with E-state index in [1.54, 1.807) is 6.20 Å². The van der Waals surface area contributed by atoms with Gasteiger partial charge < -0.3 is 14.6 Å². The molecule has 3 aromatic rings. The van der Waals surface area contributed by atoms with Crippen LogP contribution in [0.4, 0.5) is 18.9 Å². The molecule has 8 heteroatoms. The number of hydrogen-bond donors (Lipinski definition) is 1. The van der Waals surface area contributed by atoms with Crippen LogP contribution in [0.5, 0.6) is 0 Å². The van der Waals surface area contributed by atoms with E-state index in [4.69, 9.17) is 0 Å². The topological polar surface area (TPSA) is 49.6 Å². The van der Waals surface area contributed by atoms with Gasteiger partial charge in [-0.3, -0.25) is 4.79 Å². The molecule has 31 heavy (non-hydrogen) atoms. The smallest absolute Gasteiger partial charge is 0.361 e.